The van der Waals surface area contributed by atoms with Gasteiger partial charge in [-0.1, -0.05) is 41.9 Å². The van der Waals surface area contributed by atoms with Crippen molar-refractivity contribution in [3.63, 3.8) is 0 Å². The Morgan fingerprint density at radius 3 is 2.30 bits per heavy atom. The molecule has 154 valence electrons. The summed E-state index contributed by atoms with van der Waals surface area (Å²) in [5.41, 5.74) is 0.869. The predicted molar refractivity (Wildman–Crippen MR) is 117 cm³/mol. The van der Waals surface area contributed by atoms with Gasteiger partial charge in [0, 0.05) is 6.20 Å². The lowest BCUT2D eigenvalue weighted by molar-refractivity contribution is 0.0697. The number of sulfonamides is 1. The molecule has 0 radical (unpaired) electrons. The fourth-order valence-electron chi connectivity index (χ4n) is 2.69. The average molecular weight is 444 g/mol. The van der Waals surface area contributed by atoms with Crippen molar-refractivity contribution >= 4 is 39.4 Å². The van der Waals surface area contributed by atoms with Gasteiger partial charge >= 0.3 is 5.97 Å². The Balaban J connectivity index is 2.07. The van der Waals surface area contributed by atoms with Gasteiger partial charge in [-0.05, 0) is 54.1 Å². The number of carboxylic acid groups (broad SMARTS) is 1. The second-order valence-corrected chi connectivity index (χ2v) is 8.39. The minimum absolute atomic E-state index is 0.0403. The number of benzene rings is 3. The van der Waals surface area contributed by atoms with Gasteiger partial charge in [0.15, 0.2) is 0 Å². The van der Waals surface area contributed by atoms with Crippen LogP contribution in [0.3, 0.4) is 0 Å². The Labute approximate surface area is 179 Å². The van der Waals surface area contributed by atoms with Crippen LogP contribution in [0.2, 0.25) is 5.02 Å². The molecule has 8 heteroatoms. The molecule has 0 saturated heterocycles. The summed E-state index contributed by atoms with van der Waals surface area (Å²) < 4.78 is 32.9. The van der Waals surface area contributed by atoms with E-state index in [4.69, 9.17) is 16.3 Å². The standard InChI is InChI=1S/C22H18ClNO5S/c1-29-18-9-7-16(8-10-18)13-14-24(17-5-3-2-4-6-17)30(27,28)19-11-12-21(23)20(15-19)22(25)26/h2-15H,1H3,(H,25,26). The fraction of sp³-hybridized carbons (Fsp3) is 0.0455. The van der Waals surface area contributed by atoms with Gasteiger partial charge in [0.05, 0.1) is 28.3 Å². The Bertz CT molecular complexity index is 1180. The third kappa shape index (κ3) is 4.64. The van der Waals surface area contributed by atoms with Crippen molar-refractivity contribution in [1.82, 2.24) is 0 Å². The Hall–Kier alpha value is -3.29. The predicted octanol–water partition coefficient (Wildman–Crippen LogP) is 4.91. The molecule has 0 aromatic heterocycles. The van der Waals surface area contributed by atoms with Crippen LogP contribution >= 0.6 is 11.6 Å². The number of ether oxygens (including phenoxy) is 1. The van der Waals surface area contributed by atoms with E-state index in [9.17, 15) is 18.3 Å². The summed E-state index contributed by atoms with van der Waals surface area (Å²) in [7, 11) is -2.55. The summed E-state index contributed by atoms with van der Waals surface area (Å²) in [6.45, 7) is 0. The third-order valence-corrected chi connectivity index (χ3v) is 6.28. The van der Waals surface area contributed by atoms with Crippen molar-refractivity contribution in [2.24, 2.45) is 0 Å². The lowest BCUT2D eigenvalue weighted by Crippen LogP contribution is -2.25. The van der Waals surface area contributed by atoms with Gasteiger partial charge in [-0.2, -0.15) is 0 Å². The maximum absolute atomic E-state index is 13.4. The maximum atomic E-state index is 13.4. The normalized spacial score (nSPS) is 11.4. The molecule has 30 heavy (non-hydrogen) atoms. The molecule has 0 amide bonds. The smallest absolute Gasteiger partial charge is 0.337 e. The van der Waals surface area contributed by atoms with Crippen molar-refractivity contribution in [3.05, 3.63) is 95.1 Å². The van der Waals surface area contributed by atoms with Crippen LogP contribution in [0.15, 0.2) is 83.9 Å². The lowest BCUT2D eigenvalue weighted by Gasteiger charge is -2.21. The van der Waals surface area contributed by atoms with E-state index in [-0.39, 0.29) is 15.5 Å². The van der Waals surface area contributed by atoms with Crippen LogP contribution in [0.25, 0.3) is 6.08 Å². The van der Waals surface area contributed by atoms with E-state index in [1.165, 1.54) is 18.3 Å². The van der Waals surface area contributed by atoms with Crippen LogP contribution in [-0.4, -0.2) is 26.6 Å². The van der Waals surface area contributed by atoms with E-state index in [2.05, 4.69) is 0 Å². The van der Waals surface area contributed by atoms with Crippen LogP contribution in [0.1, 0.15) is 15.9 Å². The molecule has 0 heterocycles. The molecule has 0 bridgehead atoms. The molecule has 0 saturated carbocycles. The van der Waals surface area contributed by atoms with Gasteiger partial charge in [0.1, 0.15) is 5.75 Å². The summed E-state index contributed by atoms with van der Waals surface area (Å²) in [6, 6.07) is 19.2. The molecule has 0 fully saturated rings. The first-order valence-corrected chi connectivity index (χ1v) is 10.6. The summed E-state index contributed by atoms with van der Waals surface area (Å²) in [5, 5.41) is 9.25. The third-order valence-electron chi connectivity index (χ3n) is 4.25. The number of para-hydroxylation sites is 1. The molecular formula is C22H18ClNO5S. The van der Waals surface area contributed by atoms with Crippen molar-refractivity contribution in [2.45, 2.75) is 4.90 Å². The Kier molecular flexibility index (Phi) is 6.44. The minimum Gasteiger partial charge on any atom is -0.497 e. The van der Waals surface area contributed by atoms with Crippen LogP contribution in [0, 0.1) is 0 Å². The minimum atomic E-state index is -4.11. The van der Waals surface area contributed by atoms with Crippen LogP contribution in [-0.2, 0) is 10.0 Å². The second-order valence-electron chi connectivity index (χ2n) is 6.17. The molecule has 3 aromatic carbocycles. The van der Waals surface area contributed by atoms with E-state index < -0.39 is 16.0 Å². The van der Waals surface area contributed by atoms with Crippen molar-refractivity contribution < 1.29 is 23.1 Å². The molecule has 0 aliphatic rings. The highest BCUT2D eigenvalue weighted by Crippen LogP contribution is 2.27. The molecule has 0 aliphatic heterocycles. The zero-order chi connectivity index (χ0) is 21.7. The monoisotopic (exact) mass is 443 g/mol. The van der Waals surface area contributed by atoms with Crippen molar-refractivity contribution in [2.75, 3.05) is 11.4 Å². The molecule has 1 N–H and O–H groups in total. The molecule has 0 atom stereocenters. The molecule has 0 unspecified atom stereocenters. The highest BCUT2D eigenvalue weighted by Gasteiger charge is 2.25. The van der Waals surface area contributed by atoms with Gasteiger partial charge < -0.3 is 9.84 Å². The van der Waals surface area contributed by atoms with Gasteiger partial charge in [-0.15, -0.1) is 0 Å². The van der Waals surface area contributed by atoms with Gasteiger partial charge in [-0.3, -0.25) is 0 Å². The van der Waals surface area contributed by atoms with Gasteiger partial charge in [0.25, 0.3) is 10.0 Å². The molecule has 0 spiro atoms. The molecule has 3 rings (SSSR count). The number of aromatic carboxylic acids is 1. The number of hydrogen-bond donors (Lipinski definition) is 1. The number of nitrogens with zero attached hydrogens (tertiary/aromatic N) is 1. The zero-order valence-electron chi connectivity index (χ0n) is 15.9. The highest BCUT2D eigenvalue weighted by molar-refractivity contribution is 7.93. The maximum Gasteiger partial charge on any atom is 0.337 e. The first-order chi connectivity index (χ1) is 14.3. The van der Waals surface area contributed by atoms with Crippen LogP contribution in [0.4, 0.5) is 5.69 Å². The quantitative estimate of drug-likeness (QED) is 0.560. The molecule has 3 aromatic rings. The van der Waals surface area contributed by atoms with Crippen LogP contribution in [0.5, 0.6) is 5.75 Å². The summed E-state index contributed by atoms with van der Waals surface area (Å²) >= 11 is 5.89. The summed E-state index contributed by atoms with van der Waals surface area (Å²) in [6.07, 6.45) is 3.06. The lowest BCUT2D eigenvalue weighted by atomic mass is 10.2. The van der Waals surface area contributed by atoms with Crippen molar-refractivity contribution in [3.8, 4) is 5.75 Å². The fourth-order valence-corrected chi connectivity index (χ4v) is 4.24. The number of halogens is 1. The van der Waals surface area contributed by atoms with E-state index >= 15 is 0 Å². The SMILES string of the molecule is COc1ccc(C=CN(c2ccccc2)S(=O)(=O)c2ccc(Cl)c(C(=O)O)c2)cc1. The largest absolute Gasteiger partial charge is 0.497 e. The highest BCUT2D eigenvalue weighted by atomic mass is 35.5. The molecule has 6 nitrogen and oxygen atoms in total. The topological polar surface area (TPSA) is 83.9 Å². The van der Waals surface area contributed by atoms with Gasteiger partial charge in [0.2, 0.25) is 0 Å². The number of carboxylic acids is 1. The summed E-state index contributed by atoms with van der Waals surface area (Å²) in [4.78, 5) is 11.2. The number of methoxy groups -OCH3 is 1. The number of carbonyl (C=O) groups is 1. The first kappa shape index (κ1) is 21.4. The Morgan fingerprint density at radius 1 is 1.03 bits per heavy atom. The Morgan fingerprint density at radius 2 is 1.70 bits per heavy atom. The number of hydrogen-bond acceptors (Lipinski definition) is 4. The average Bonchev–Trinajstić information content (AvgIpc) is 2.75. The zero-order valence-corrected chi connectivity index (χ0v) is 17.5. The van der Waals surface area contributed by atoms with E-state index in [1.54, 1.807) is 67.8 Å². The summed E-state index contributed by atoms with van der Waals surface area (Å²) in [5.74, 6) is -0.626. The molecule has 0 aliphatic carbocycles. The van der Waals surface area contributed by atoms with Crippen LogP contribution < -0.4 is 9.04 Å². The second kappa shape index (κ2) is 9.02. The van der Waals surface area contributed by atoms with E-state index in [0.29, 0.717) is 11.4 Å². The number of rotatable bonds is 7. The van der Waals surface area contributed by atoms with E-state index in [1.807, 2.05) is 0 Å². The van der Waals surface area contributed by atoms with Gasteiger partial charge in [-0.25, -0.2) is 17.5 Å². The first-order valence-electron chi connectivity index (χ1n) is 8.77. The molecular weight excluding hydrogens is 426 g/mol. The van der Waals surface area contributed by atoms with Crippen molar-refractivity contribution in [1.29, 1.82) is 0 Å². The number of anilines is 1. The van der Waals surface area contributed by atoms with E-state index in [0.717, 1.165) is 15.9 Å².